The summed E-state index contributed by atoms with van der Waals surface area (Å²) < 4.78 is 5.18. The molecule has 6 nitrogen and oxygen atoms in total. The highest BCUT2D eigenvalue weighted by Gasteiger charge is 2.32. The van der Waals surface area contributed by atoms with Crippen LogP contribution in [0.1, 0.15) is 27.2 Å². The minimum Gasteiger partial charge on any atom is -0.497 e. The van der Waals surface area contributed by atoms with E-state index in [0.717, 1.165) is 5.69 Å². The summed E-state index contributed by atoms with van der Waals surface area (Å²) in [6.07, 6.45) is 0.300. The van der Waals surface area contributed by atoms with Crippen molar-refractivity contribution in [2.75, 3.05) is 18.6 Å². The third-order valence-electron chi connectivity index (χ3n) is 3.31. The van der Waals surface area contributed by atoms with Gasteiger partial charge in [0.2, 0.25) is 5.91 Å². The van der Waals surface area contributed by atoms with Gasteiger partial charge in [0.25, 0.3) is 0 Å². The van der Waals surface area contributed by atoms with Crippen LogP contribution in [0.5, 0.6) is 5.75 Å². The summed E-state index contributed by atoms with van der Waals surface area (Å²) in [6.45, 7) is 6.20. The van der Waals surface area contributed by atoms with Gasteiger partial charge < -0.3 is 20.3 Å². The molecule has 2 N–H and O–H groups in total. The summed E-state index contributed by atoms with van der Waals surface area (Å²) in [4.78, 5) is 25.7. The largest absolute Gasteiger partial charge is 0.497 e. The Bertz CT molecular complexity index is 566. The number of nitrogens with zero attached hydrogens (tertiary/aromatic N) is 1. The number of amides is 3. The number of urea groups is 1. The second-order valence-corrected chi connectivity index (χ2v) is 6.46. The molecule has 0 bridgehead atoms. The monoisotopic (exact) mass is 305 g/mol. The Hall–Kier alpha value is -2.24. The predicted octanol–water partition coefficient (Wildman–Crippen LogP) is 1.90. The van der Waals surface area contributed by atoms with Gasteiger partial charge in [-0.05, 0) is 32.9 Å². The number of carbonyl (C=O) groups excluding carboxylic acids is 2. The van der Waals surface area contributed by atoms with Gasteiger partial charge in [-0.25, -0.2) is 4.79 Å². The summed E-state index contributed by atoms with van der Waals surface area (Å²) in [7, 11) is 1.59. The van der Waals surface area contributed by atoms with E-state index >= 15 is 0 Å². The molecule has 1 fully saturated rings. The van der Waals surface area contributed by atoms with Crippen molar-refractivity contribution in [2.45, 2.75) is 38.8 Å². The number of hydrogen-bond acceptors (Lipinski definition) is 3. The number of rotatable bonds is 3. The van der Waals surface area contributed by atoms with Crippen molar-refractivity contribution >= 4 is 17.6 Å². The van der Waals surface area contributed by atoms with E-state index in [1.807, 2.05) is 45.0 Å². The highest BCUT2D eigenvalue weighted by molar-refractivity contribution is 5.97. The van der Waals surface area contributed by atoms with Crippen LogP contribution in [0, 0.1) is 0 Å². The molecule has 1 aromatic rings. The Balaban J connectivity index is 2.00. The maximum absolute atomic E-state index is 12.2. The van der Waals surface area contributed by atoms with E-state index in [2.05, 4.69) is 10.6 Å². The number of nitrogens with one attached hydrogen (secondary N) is 2. The van der Waals surface area contributed by atoms with Crippen LogP contribution >= 0.6 is 0 Å². The summed E-state index contributed by atoms with van der Waals surface area (Å²) >= 11 is 0. The van der Waals surface area contributed by atoms with Gasteiger partial charge in [0.1, 0.15) is 5.75 Å². The van der Waals surface area contributed by atoms with Gasteiger partial charge in [-0.1, -0.05) is 6.07 Å². The molecule has 1 saturated heterocycles. The minimum atomic E-state index is -0.306. The number of methoxy groups -OCH3 is 1. The topological polar surface area (TPSA) is 70.7 Å². The fourth-order valence-corrected chi connectivity index (χ4v) is 2.39. The Morgan fingerprint density at radius 3 is 2.73 bits per heavy atom. The van der Waals surface area contributed by atoms with Crippen molar-refractivity contribution < 1.29 is 14.3 Å². The van der Waals surface area contributed by atoms with Crippen LogP contribution in [0.2, 0.25) is 0 Å². The molecule has 1 atom stereocenters. The highest BCUT2D eigenvalue weighted by atomic mass is 16.5. The number of carbonyl (C=O) groups is 2. The Kier molecular flexibility index (Phi) is 4.59. The van der Waals surface area contributed by atoms with Gasteiger partial charge in [-0.2, -0.15) is 0 Å². The highest BCUT2D eigenvalue weighted by Crippen LogP contribution is 2.25. The first-order chi connectivity index (χ1) is 10.3. The Morgan fingerprint density at radius 1 is 1.36 bits per heavy atom. The number of hydrogen-bond donors (Lipinski definition) is 2. The fourth-order valence-electron chi connectivity index (χ4n) is 2.39. The molecular formula is C16H23N3O3. The minimum absolute atomic E-state index is 0.00527. The number of benzene rings is 1. The van der Waals surface area contributed by atoms with Crippen LogP contribution in [0.4, 0.5) is 10.5 Å². The van der Waals surface area contributed by atoms with E-state index in [1.165, 1.54) is 0 Å². The second kappa shape index (κ2) is 6.25. The van der Waals surface area contributed by atoms with Crippen molar-refractivity contribution in [1.82, 2.24) is 10.6 Å². The van der Waals surface area contributed by atoms with Gasteiger partial charge in [-0.15, -0.1) is 0 Å². The molecule has 1 aliphatic rings. The summed E-state index contributed by atoms with van der Waals surface area (Å²) in [5.41, 5.74) is 0.476. The van der Waals surface area contributed by atoms with Crippen molar-refractivity contribution in [3.63, 3.8) is 0 Å². The quantitative estimate of drug-likeness (QED) is 0.896. The molecule has 0 spiro atoms. The second-order valence-electron chi connectivity index (χ2n) is 6.46. The molecule has 1 heterocycles. The standard InChI is InChI=1S/C16H23N3O3/c1-16(2,3)18-15(21)17-11-8-14(20)19(10-11)12-6-5-7-13(9-12)22-4/h5-7,9,11H,8,10H2,1-4H3,(H2,17,18,21)/t11-/m0/s1. The lowest BCUT2D eigenvalue weighted by molar-refractivity contribution is -0.117. The smallest absolute Gasteiger partial charge is 0.315 e. The van der Waals surface area contributed by atoms with E-state index < -0.39 is 0 Å². The van der Waals surface area contributed by atoms with E-state index in [4.69, 9.17) is 4.74 Å². The number of ether oxygens (including phenoxy) is 1. The molecule has 3 amide bonds. The molecule has 22 heavy (non-hydrogen) atoms. The van der Waals surface area contributed by atoms with Gasteiger partial charge in [-0.3, -0.25) is 4.79 Å². The van der Waals surface area contributed by atoms with Gasteiger partial charge in [0.15, 0.2) is 0 Å². The van der Waals surface area contributed by atoms with Crippen LogP contribution in [0.3, 0.4) is 0 Å². The summed E-state index contributed by atoms with van der Waals surface area (Å²) in [5.74, 6) is 0.696. The molecular weight excluding hydrogens is 282 g/mol. The maximum atomic E-state index is 12.2. The molecule has 2 rings (SSSR count). The van der Waals surface area contributed by atoms with Gasteiger partial charge >= 0.3 is 6.03 Å². The molecule has 1 aliphatic heterocycles. The first kappa shape index (κ1) is 16.1. The predicted molar refractivity (Wildman–Crippen MR) is 85.2 cm³/mol. The maximum Gasteiger partial charge on any atom is 0.315 e. The zero-order chi connectivity index (χ0) is 16.3. The number of anilines is 1. The lowest BCUT2D eigenvalue weighted by Gasteiger charge is -2.23. The third-order valence-corrected chi connectivity index (χ3v) is 3.31. The van der Waals surface area contributed by atoms with Crippen molar-refractivity contribution in [2.24, 2.45) is 0 Å². The molecule has 0 unspecified atom stereocenters. The van der Waals surface area contributed by atoms with Crippen LogP contribution < -0.4 is 20.3 Å². The fraction of sp³-hybridized carbons (Fsp3) is 0.500. The zero-order valence-corrected chi connectivity index (χ0v) is 13.5. The molecule has 0 saturated carbocycles. The van der Waals surface area contributed by atoms with Crippen molar-refractivity contribution in [1.29, 1.82) is 0 Å². The Morgan fingerprint density at radius 2 is 2.09 bits per heavy atom. The summed E-state index contributed by atoms with van der Waals surface area (Å²) in [5, 5.41) is 5.68. The van der Waals surface area contributed by atoms with Crippen LogP contribution in [-0.2, 0) is 4.79 Å². The molecule has 1 aromatic carbocycles. The normalized spacial score (nSPS) is 18.3. The molecule has 6 heteroatoms. The molecule has 0 aliphatic carbocycles. The van der Waals surface area contributed by atoms with E-state index in [-0.39, 0.29) is 23.5 Å². The van der Waals surface area contributed by atoms with E-state index in [9.17, 15) is 9.59 Å². The lowest BCUT2D eigenvalue weighted by atomic mass is 10.1. The van der Waals surface area contributed by atoms with Gasteiger partial charge in [0, 0.05) is 30.3 Å². The lowest BCUT2D eigenvalue weighted by Crippen LogP contribution is -2.50. The van der Waals surface area contributed by atoms with Crippen molar-refractivity contribution in [3.8, 4) is 5.75 Å². The molecule has 0 aromatic heterocycles. The van der Waals surface area contributed by atoms with E-state index in [0.29, 0.717) is 18.7 Å². The van der Waals surface area contributed by atoms with Crippen LogP contribution in [0.15, 0.2) is 24.3 Å². The van der Waals surface area contributed by atoms with Crippen LogP contribution in [0.25, 0.3) is 0 Å². The third kappa shape index (κ3) is 4.13. The average molecular weight is 305 g/mol. The zero-order valence-electron chi connectivity index (χ0n) is 13.5. The molecule has 0 radical (unpaired) electrons. The summed E-state index contributed by atoms with van der Waals surface area (Å²) in [6, 6.07) is 6.90. The van der Waals surface area contributed by atoms with Crippen LogP contribution in [-0.4, -0.2) is 37.2 Å². The van der Waals surface area contributed by atoms with Crippen molar-refractivity contribution in [3.05, 3.63) is 24.3 Å². The first-order valence-corrected chi connectivity index (χ1v) is 7.31. The molecule has 120 valence electrons. The average Bonchev–Trinajstić information content (AvgIpc) is 2.77. The van der Waals surface area contributed by atoms with Gasteiger partial charge in [0.05, 0.1) is 13.2 Å². The first-order valence-electron chi connectivity index (χ1n) is 7.31. The SMILES string of the molecule is COc1cccc(N2C[C@@H](NC(=O)NC(C)(C)C)CC2=O)c1. The van der Waals surface area contributed by atoms with E-state index in [1.54, 1.807) is 12.0 Å². The Labute approximate surface area is 130 Å².